The molecule has 3 rings (SSSR count). The molecule has 0 spiro atoms. The topological polar surface area (TPSA) is 67.2 Å². The molecule has 0 fully saturated rings. The third-order valence-electron chi connectivity index (χ3n) is 4.28. The Morgan fingerprint density at radius 1 is 1.31 bits per heavy atom. The van der Waals surface area contributed by atoms with Crippen molar-refractivity contribution in [1.29, 1.82) is 5.26 Å². The fourth-order valence-electron chi connectivity index (χ4n) is 2.96. The Hall–Kier alpha value is -2.58. The van der Waals surface area contributed by atoms with E-state index in [4.69, 9.17) is 14.5 Å². The lowest BCUT2D eigenvalue weighted by atomic mass is 9.95. The van der Waals surface area contributed by atoms with Gasteiger partial charge in [-0.05, 0) is 51.5 Å². The smallest absolute Gasteiger partial charge is 0.144 e. The summed E-state index contributed by atoms with van der Waals surface area (Å²) >= 11 is 0. The number of pyridine rings is 1. The molecular formula is C21H25N3O2. The van der Waals surface area contributed by atoms with E-state index in [-0.39, 0.29) is 11.7 Å². The van der Waals surface area contributed by atoms with E-state index in [0.717, 1.165) is 29.0 Å². The Kier molecular flexibility index (Phi) is 5.15. The van der Waals surface area contributed by atoms with E-state index >= 15 is 0 Å². The quantitative estimate of drug-likeness (QED) is 0.874. The fraction of sp³-hybridized carbons (Fsp3) is 0.429. The number of anilines is 1. The van der Waals surface area contributed by atoms with Crippen molar-refractivity contribution in [3.8, 4) is 11.8 Å². The molecular weight excluding hydrogens is 326 g/mol. The van der Waals surface area contributed by atoms with Crippen LogP contribution in [-0.2, 0) is 24.3 Å². The van der Waals surface area contributed by atoms with Crippen molar-refractivity contribution in [2.45, 2.75) is 59.0 Å². The molecule has 5 heteroatoms. The van der Waals surface area contributed by atoms with Crippen LogP contribution in [0.4, 0.5) is 5.82 Å². The van der Waals surface area contributed by atoms with Crippen LogP contribution in [0.1, 0.15) is 50.1 Å². The molecule has 1 aromatic carbocycles. The monoisotopic (exact) mass is 351 g/mol. The average molecular weight is 351 g/mol. The molecule has 0 amide bonds. The zero-order chi connectivity index (χ0) is 18.7. The number of fused-ring (bicyclic) bond motifs is 1. The van der Waals surface area contributed by atoms with Crippen molar-refractivity contribution >= 4 is 5.82 Å². The highest BCUT2D eigenvalue weighted by Crippen LogP contribution is 2.29. The van der Waals surface area contributed by atoms with Crippen molar-refractivity contribution in [3.05, 3.63) is 52.7 Å². The summed E-state index contributed by atoms with van der Waals surface area (Å²) in [6.07, 6.45) is 0.898. The molecule has 0 saturated heterocycles. The Morgan fingerprint density at radius 3 is 2.69 bits per heavy atom. The van der Waals surface area contributed by atoms with Gasteiger partial charge in [-0.25, -0.2) is 4.98 Å². The van der Waals surface area contributed by atoms with E-state index in [0.29, 0.717) is 24.5 Å². The van der Waals surface area contributed by atoms with Crippen molar-refractivity contribution in [2.24, 2.45) is 0 Å². The molecule has 26 heavy (non-hydrogen) atoms. The molecule has 0 aliphatic carbocycles. The Bertz CT molecular complexity index is 820. The molecule has 0 saturated carbocycles. The molecule has 1 aromatic heterocycles. The van der Waals surface area contributed by atoms with E-state index in [1.54, 1.807) is 0 Å². The minimum Gasteiger partial charge on any atom is -0.491 e. The number of benzene rings is 1. The van der Waals surface area contributed by atoms with E-state index in [1.807, 2.05) is 44.2 Å². The molecule has 136 valence electrons. The van der Waals surface area contributed by atoms with Crippen molar-refractivity contribution < 1.29 is 9.47 Å². The predicted octanol–water partition coefficient (Wildman–Crippen LogP) is 4.20. The first-order valence-electron chi connectivity index (χ1n) is 8.92. The second kappa shape index (κ2) is 7.35. The predicted molar refractivity (Wildman–Crippen MR) is 101 cm³/mol. The van der Waals surface area contributed by atoms with Gasteiger partial charge in [0.1, 0.15) is 17.6 Å². The third kappa shape index (κ3) is 4.33. The second-order valence-corrected chi connectivity index (χ2v) is 7.49. The van der Waals surface area contributed by atoms with E-state index in [2.05, 4.69) is 25.2 Å². The maximum Gasteiger partial charge on any atom is 0.144 e. The SMILES string of the molecule is CC(C)Oc1ccc(CNc2nc3c(cc2C#N)COC(C)(C)C3)cc1. The van der Waals surface area contributed by atoms with Crippen molar-refractivity contribution in [2.75, 3.05) is 5.32 Å². The lowest BCUT2D eigenvalue weighted by molar-refractivity contribution is -0.0412. The maximum absolute atomic E-state index is 9.45. The second-order valence-electron chi connectivity index (χ2n) is 7.49. The fourth-order valence-corrected chi connectivity index (χ4v) is 2.96. The molecule has 0 unspecified atom stereocenters. The van der Waals surface area contributed by atoms with E-state index in [9.17, 15) is 5.26 Å². The average Bonchev–Trinajstić information content (AvgIpc) is 2.59. The maximum atomic E-state index is 9.45. The molecule has 2 heterocycles. The van der Waals surface area contributed by atoms with Gasteiger partial charge in [0.05, 0.1) is 29.6 Å². The minimum atomic E-state index is -0.225. The molecule has 1 N–H and O–H groups in total. The zero-order valence-electron chi connectivity index (χ0n) is 15.8. The summed E-state index contributed by atoms with van der Waals surface area (Å²) in [7, 11) is 0. The lowest BCUT2D eigenvalue weighted by Gasteiger charge is -2.31. The minimum absolute atomic E-state index is 0.157. The number of hydrogen-bond acceptors (Lipinski definition) is 5. The molecule has 0 radical (unpaired) electrons. The van der Waals surface area contributed by atoms with Crippen LogP contribution in [0.5, 0.6) is 5.75 Å². The first-order valence-corrected chi connectivity index (χ1v) is 8.92. The summed E-state index contributed by atoms with van der Waals surface area (Å²) in [4.78, 5) is 4.71. The van der Waals surface area contributed by atoms with Crippen LogP contribution in [0.2, 0.25) is 0 Å². The zero-order valence-corrected chi connectivity index (χ0v) is 15.8. The summed E-state index contributed by atoms with van der Waals surface area (Å²) in [5.74, 6) is 1.49. The summed E-state index contributed by atoms with van der Waals surface area (Å²) in [6.45, 7) is 9.23. The lowest BCUT2D eigenvalue weighted by Crippen LogP contribution is -2.32. The van der Waals surface area contributed by atoms with Gasteiger partial charge in [0, 0.05) is 18.5 Å². The van der Waals surface area contributed by atoms with Gasteiger partial charge in [0.25, 0.3) is 0 Å². The first kappa shape index (κ1) is 18.2. The van der Waals surface area contributed by atoms with Crippen LogP contribution in [-0.4, -0.2) is 16.7 Å². The van der Waals surface area contributed by atoms with Crippen molar-refractivity contribution in [1.82, 2.24) is 4.98 Å². The highest BCUT2D eigenvalue weighted by atomic mass is 16.5. The Morgan fingerprint density at radius 2 is 2.04 bits per heavy atom. The summed E-state index contributed by atoms with van der Waals surface area (Å²) in [5, 5.41) is 12.8. The van der Waals surface area contributed by atoms with E-state index < -0.39 is 0 Å². The summed E-state index contributed by atoms with van der Waals surface area (Å²) < 4.78 is 11.5. The van der Waals surface area contributed by atoms with Crippen LogP contribution in [0.15, 0.2) is 30.3 Å². The van der Waals surface area contributed by atoms with Crippen LogP contribution in [0.3, 0.4) is 0 Å². The number of nitriles is 1. The first-order chi connectivity index (χ1) is 12.4. The number of aromatic nitrogens is 1. The van der Waals surface area contributed by atoms with Gasteiger partial charge in [-0.2, -0.15) is 5.26 Å². The number of ether oxygens (including phenoxy) is 2. The molecule has 1 aliphatic heterocycles. The van der Waals surface area contributed by atoms with Crippen LogP contribution >= 0.6 is 0 Å². The Balaban J connectivity index is 1.74. The number of nitrogens with zero attached hydrogens (tertiary/aromatic N) is 2. The number of rotatable bonds is 5. The Labute approximate surface area is 155 Å². The highest BCUT2D eigenvalue weighted by molar-refractivity contribution is 5.55. The van der Waals surface area contributed by atoms with Gasteiger partial charge in [0.15, 0.2) is 0 Å². The normalized spacial score (nSPS) is 15.2. The van der Waals surface area contributed by atoms with Crippen LogP contribution in [0, 0.1) is 11.3 Å². The molecule has 2 aromatic rings. The molecule has 0 atom stereocenters. The van der Waals surface area contributed by atoms with E-state index in [1.165, 1.54) is 0 Å². The molecule has 1 aliphatic rings. The van der Waals surface area contributed by atoms with Crippen LogP contribution < -0.4 is 10.1 Å². The van der Waals surface area contributed by atoms with Gasteiger partial charge in [0.2, 0.25) is 0 Å². The summed E-state index contributed by atoms with van der Waals surface area (Å²) in [5.41, 5.74) is 3.43. The summed E-state index contributed by atoms with van der Waals surface area (Å²) in [6, 6.07) is 12.1. The standard InChI is InChI=1S/C21H25N3O2/c1-14(2)26-18-7-5-15(6-8-18)12-23-20-16(11-22)9-17-13-25-21(3,4)10-19(17)24-20/h5-9,14H,10,12-13H2,1-4H3,(H,23,24). The van der Waals surface area contributed by atoms with Crippen molar-refractivity contribution in [3.63, 3.8) is 0 Å². The highest BCUT2D eigenvalue weighted by Gasteiger charge is 2.28. The third-order valence-corrected chi connectivity index (χ3v) is 4.28. The van der Waals surface area contributed by atoms with Gasteiger partial charge in [-0.3, -0.25) is 0 Å². The largest absolute Gasteiger partial charge is 0.491 e. The molecule has 5 nitrogen and oxygen atoms in total. The molecule has 0 bridgehead atoms. The van der Waals surface area contributed by atoms with Gasteiger partial charge in [-0.15, -0.1) is 0 Å². The number of nitrogens with one attached hydrogen (secondary N) is 1. The van der Waals surface area contributed by atoms with Gasteiger partial charge < -0.3 is 14.8 Å². The number of hydrogen-bond donors (Lipinski definition) is 1. The van der Waals surface area contributed by atoms with Gasteiger partial charge in [-0.1, -0.05) is 12.1 Å². The van der Waals surface area contributed by atoms with Crippen LogP contribution in [0.25, 0.3) is 0 Å². The van der Waals surface area contributed by atoms with Gasteiger partial charge >= 0.3 is 0 Å².